The molecule has 4 heteroatoms. The van der Waals surface area contributed by atoms with E-state index in [9.17, 15) is 4.79 Å². The van der Waals surface area contributed by atoms with Crippen LogP contribution in [0.4, 0.5) is 0 Å². The number of nitrogens with two attached hydrogens (primary N) is 1. The van der Waals surface area contributed by atoms with E-state index in [1.807, 2.05) is 0 Å². The van der Waals surface area contributed by atoms with Gasteiger partial charge in [0.1, 0.15) is 0 Å². The third kappa shape index (κ3) is 7.17. The van der Waals surface area contributed by atoms with E-state index >= 15 is 0 Å². The number of rotatable bonds is 8. The fourth-order valence-electron chi connectivity index (χ4n) is 2.71. The van der Waals surface area contributed by atoms with Crippen LogP contribution in [-0.2, 0) is 4.79 Å². The molecule has 3 N–H and O–H groups in total. The van der Waals surface area contributed by atoms with Crippen LogP contribution in [0.2, 0.25) is 0 Å². The Morgan fingerprint density at radius 3 is 2.37 bits per heavy atom. The van der Waals surface area contributed by atoms with Crippen LogP contribution in [0.15, 0.2) is 0 Å². The van der Waals surface area contributed by atoms with Gasteiger partial charge in [0, 0.05) is 18.5 Å². The standard InChI is InChI=1S/C15H30N2O.ClH/c1-3-15(16,4-2)12-17-14(18)11-7-10-13-8-5-6-9-13;/h13H,3-12,16H2,1-2H3,(H,17,18);1H. The quantitative estimate of drug-likeness (QED) is 0.720. The highest BCUT2D eigenvalue weighted by Gasteiger charge is 2.21. The van der Waals surface area contributed by atoms with Gasteiger partial charge < -0.3 is 11.1 Å². The van der Waals surface area contributed by atoms with Gasteiger partial charge in [0.2, 0.25) is 5.91 Å². The van der Waals surface area contributed by atoms with E-state index in [0.29, 0.717) is 13.0 Å². The van der Waals surface area contributed by atoms with E-state index in [1.54, 1.807) is 0 Å². The number of halogens is 1. The Kier molecular flexibility index (Phi) is 9.46. The van der Waals surface area contributed by atoms with Gasteiger partial charge in [0.15, 0.2) is 0 Å². The molecular formula is C15H31ClN2O. The zero-order valence-corrected chi connectivity index (χ0v) is 13.4. The predicted molar refractivity (Wildman–Crippen MR) is 83.6 cm³/mol. The molecule has 1 rings (SSSR count). The minimum absolute atomic E-state index is 0. The fraction of sp³-hybridized carbons (Fsp3) is 0.933. The molecule has 1 aliphatic rings. The predicted octanol–water partition coefficient (Wildman–Crippen LogP) is 3.40. The van der Waals surface area contributed by atoms with Crippen molar-refractivity contribution in [3.63, 3.8) is 0 Å². The number of amides is 1. The molecule has 1 amide bonds. The van der Waals surface area contributed by atoms with Crippen molar-refractivity contribution in [3.05, 3.63) is 0 Å². The van der Waals surface area contributed by atoms with E-state index in [-0.39, 0.29) is 23.9 Å². The van der Waals surface area contributed by atoms with Crippen LogP contribution >= 0.6 is 12.4 Å². The second kappa shape index (κ2) is 9.60. The third-order valence-electron chi connectivity index (χ3n) is 4.54. The molecule has 0 heterocycles. The average molecular weight is 291 g/mol. The molecule has 3 nitrogen and oxygen atoms in total. The lowest BCUT2D eigenvalue weighted by Gasteiger charge is -2.26. The Morgan fingerprint density at radius 1 is 1.26 bits per heavy atom. The Balaban J connectivity index is 0.00000324. The molecule has 0 aromatic rings. The van der Waals surface area contributed by atoms with Gasteiger partial charge in [0.25, 0.3) is 0 Å². The first-order valence-corrected chi connectivity index (χ1v) is 7.65. The molecule has 0 spiro atoms. The summed E-state index contributed by atoms with van der Waals surface area (Å²) in [6.07, 6.45) is 10.3. The van der Waals surface area contributed by atoms with Crippen molar-refractivity contribution in [1.82, 2.24) is 5.32 Å². The molecule has 0 aromatic carbocycles. The van der Waals surface area contributed by atoms with E-state index in [2.05, 4.69) is 19.2 Å². The molecule has 0 saturated heterocycles. The molecule has 114 valence electrons. The minimum atomic E-state index is -0.221. The first-order chi connectivity index (χ1) is 8.59. The topological polar surface area (TPSA) is 55.1 Å². The van der Waals surface area contributed by atoms with E-state index in [4.69, 9.17) is 5.73 Å². The Labute approximate surface area is 124 Å². The minimum Gasteiger partial charge on any atom is -0.354 e. The molecule has 0 aliphatic heterocycles. The molecule has 0 radical (unpaired) electrons. The Bertz CT molecular complexity index is 249. The maximum atomic E-state index is 11.7. The Hall–Kier alpha value is -0.280. The lowest BCUT2D eigenvalue weighted by atomic mass is 9.94. The van der Waals surface area contributed by atoms with Crippen molar-refractivity contribution in [2.75, 3.05) is 6.54 Å². The maximum absolute atomic E-state index is 11.7. The first-order valence-electron chi connectivity index (χ1n) is 7.65. The molecule has 0 bridgehead atoms. The Morgan fingerprint density at radius 2 is 1.84 bits per heavy atom. The second-order valence-electron chi connectivity index (χ2n) is 5.89. The fourth-order valence-corrected chi connectivity index (χ4v) is 2.71. The van der Waals surface area contributed by atoms with Crippen LogP contribution in [0.1, 0.15) is 71.6 Å². The smallest absolute Gasteiger partial charge is 0.220 e. The summed E-state index contributed by atoms with van der Waals surface area (Å²) in [4.78, 5) is 11.7. The third-order valence-corrected chi connectivity index (χ3v) is 4.54. The van der Waals surface area contributed by atoms with Gasteiger partial charge >= 0.3 is 0 Å². The van der Waals surface area contributed by atoms with Gasteiger partial charge in [-0.3, -0.25) is 4.79 Å². The average Bonchev–Trinajstić information content (AvgIpc) is 2.89. The van der Waals surface area contributed by atoms with Gasteiger partial charge in [-0.05, 0) is 31.6 Å². The molecule has 0 atom stereocenters. The largest absolute Gasteiger partial charge is 0.354 e. The van der Waals surface area contributed by atoms with Crippen molar-refractivity contribution in [3.8, 4) is 0 Å². The van der Waals surface area contributed by atoms with Gasteiger partial charge in [0.05, 0.1) is 0 Å². The SMILES string of the molecule is CCC(N)(CC)CNC(=O)CCCC1CCCC1.Cl. The van der Waals surface area contributed by atoms with Crippen molar-refractivity contribution in [2.45, 2.75) is 77.2 Å². The number of carbonyl (C=O) groups is 1. The number of hydrogen-bond acceptors (Lipinski definition) is 2. The molecule has 1 fully saturated rings. The monoisotopic (exact) mass is 290 g/mol. The van der Waals surface area contributed by atoms with Crippen LogP contribution in [0, 0.1) is 5.92 Å². The van der Waals surface area contributed by atoms with Crippen molar-refractivity contribution in [1.29, 1.82) is 0 Å². The number of nitrogens with one attached hydrogen (secondary N) is 1. The zero-order chi connectivity index (χ0) is 13.4. The van der Waals surface area contributed by atoms with Crippen LogP contribution in [0.25, 0.3) is 0 Å². The van der Waals surface area contributed by atoms with Crippen LogP contribution < -0.4 is 11.1 Å². The van der Waals surface area contributed by atoms with Crippen LogP contribution in [-0.4, -0.2) is 18.0 Å². The van der Waals surface area contributed by atoms with Gasteiger partial charge in [-0.2, -0.15) is 0 Å². The molecule has 19 heavy (non-hydrogen) atoms. The summed E-state index contributed by atoms with van der Waals surface area (Å²) in [5.74, 6) is 1.06. The zero-order valence-electron chi connectivity index (χ0n) is 12.5. The molecule has 1 saturated carbocycles. The molecule has 0 aromatic heterocycles. The summed E-state index contributed by atoms with van der Waals surface area (Å²) in [5, 5.41) is 2.99. The highest BCUT2D eigenvalue weighted by Crippen LogP contribution is 2.28. The highest BCUT2D eigenvalue weighted by atomic mass is 35.5. The normalized spacial score (nSPS) is 16.2. The van der Waals surface area contributed by atoms with Crippen molar-refractivity contribution in [2.24, 2.45) is 11.7 Å². The summed E-state index contributed by atoms with van der Waals surface area (Å²) < 4.78 is 0. The van der Waals surface area contributed by atoms with E-state index < -0.39 is 0 Å². The van der Waals surface area contributed by atoms with Crippen LogP contribution in [0.5, 0.6) is 0 Å². The van der Waals surface area contributed by atoms with E-state index in [1.165, 1.54) is 32.1 Å². The first kappa shape index (κ1) is 18.7. The lowest BCUT2D eigenvalue weighted by Crippen LogP contribution is -2.49. The summed E-state index contributed by atoms with van der Waals surface area (Å²) >= 11 is 0. The van der Waals surface area contributed by atoms with Crippen LogP contribution in [0.3, 0.4) is 0 Å². The van der Waals surface area contributed by atoms with Gasteiger partial charge in [-0.25, -0.2) is 0 Å². The van der Waals surface area contributed by atoms with Gasteiger partial charge in [-0.15, -0.1) is 12.4 Å². The summed E-state index contributed by atoms with van der Waals surface area (Å²) in [6, 6.07) is 0. The maximum Gasteiger partial charge on any atom is 0.220 e. The van der Waals surface area contributed by atoms with Crippen molar-refractivity contribution < 1.29 is 4.79 Å². The lowest BCUT2D eigenvalue weighted by molar-refractivity contribution is -0.121. The van der Waals surface area contributed by atoms with E-state index in [0.717, 1.165) is 25.2 Å². The molecule has 0 unspecified atom stereocenters. The number of carbonyl (C=O) groups excluding carboxylic acids is 1. The highest BCUT2D eigenvalue weighted by molar-refractivity contribution is 5.85. The summed E-state index contributed by atoms with van der Waals surface area (Å²) in [5.41, 5.74) is 5.94. The summed E-state index contributed by atoms with van der Waals surface area (Å²) in [6.45, 7) is 4.77. The van der Waals surface area contributed by atoms with Gasteiger partial charge in [-0.1, -0.05) is 39.5 Å². The summed E-state index contributed by atoms with van der Waals surface area (Å²) in [7, 11) is 0. The number of hydrogen-bond donors (Lipinski definition) is 2. The second-order valence-corrected chi connectivity index (χ2v) is 5.89. The van der Waals surface area contributed by atoms with Crippen molar-refractivity contribution >= 4 is 18.3 Å². The molecular weight excluding hydrogens is 260 g/mol. The molecule has 1 aliphatic carbocycles.